The highest BCUT2D eigenvalue weighted by molar-refractivity contribution is 9.10. The van der Waals surface area contributed by atoms with E-state index in [0.29, 0.717) is 22.0 Å². The summed E-state index contributed by atoms with van der Waals surface area (Å²) in [5.74, 6) is 0. The van der Waals surface area contributed by atoms with Crippen LogP contribution in [-0.2, 0) is 6.42 Å². The molecule has 0 heterocycles. The van der Waals surface area contributed by atoms with Crippen molar-refractivity contribution in [2.24, 2.45) is 0 Å². The molecule has 0 saturated carbocycles. The highest BCUT2D eigenvalue weighted by Gasteiger charge is 2.18. The molecule has 102 valence electrons. The number of nitro benzene ring substituents is 1. The lowest BCUT2D eigenvalue weighted by Gasteiger charge is -2.05. The zero-order valence-corrected chi connectivity index (χ0v) is 11.8. The summed E-state index contributed by atoms with van der Waals surface area (Å²) in [4.78, 5) is 20.9. The Morgan fingerprint density at radius 1 is 1.53 bits per heavy atom. The third-order valence-corrected chi connectivity index (χ3v) is 3.37. The van der Waals surface area contributed by atoms with Gasteiger partial charge in [0.1, 0.15) is 0 Å². The zero-order valence-electron chi connectivity index (χ0n) is 10.2. The van der Waals surface area contributed by atoms with Gasteiger partial charge in [0.2, 0.25) is 0 Å². The zero-order chi connectivity index (χ0) is 14.4. The van der Waals surface area contributed by atoms with Crippen LogP contribution in [0.5, 0.6) is 0 Å². The Morgan fingerprint density at radius 2 is 2.21 bits per heavy atom. The lowest BCUT2D eigenvalue weighted by Crippen LogP contribution is -2.20. The first kappa shape index (κ1) is 15.2. The number of benzene rings is 1. The van der Waals surface area contributed by atoms with E-state index in [0.717, 1.165) is 0 Å². The highest BCUT2D eigenvalue weighted by atomic mass is 79.9. The monoisotopic (exact) mass is 328 g/mol. The van der Waals surface area contributed by atoms with Crippen molar-refractivity contribution in [3.63, 3.8) is 0 Å². The van der Waals surface area contributed by atoms with Gasteiger partial charge in [-0.2, -0.15) is 0 Å². The van der Waals surface area contributed by atoms with Gasteiger partial charge in [0.05, 0.1) is 4.92 Å². The van der Waals surface area contributed by atoms with E-state index in [-0.39, 0.29) is 12.2 Å². The van der Waals surface area contributed by atoms with Crippen LogP contribution in [0.4, 0.5) is 10.5 Å². The molecule has 0 fully saturated rings. The second-order valence-corrected chi connectivity index (χ2v) is 4.65. The van der Waals surface area contributed by atoms with E-state index >= 15 is 0 Å². The van der Waals surface area contributed by atoms with Crippen LogP contribution in [0.2, 0.25) is 0 Å². The Labute approximate surface area is 118 Å². The lowest BCUT2D eigenvalue weighted by atomic mass is 10.1. The minimum Gasteiger partial charge on any atom is -0.465 e. The highest BCUT2D eigenvalue weighted by Crippen LogP contribution is 2.30. The minimum atomic E-state index is -1.10. The third-order valence-electron chi connectivity index (χ3n) is 2.51. The Balaban J connectivity index is 2.81. The summed E-state index contributed by atoms with van der Waals surface area (Å²) in [5, 5.41) is 21.6. The van der Waals surface area contributed by atoms with Crippen LogP contribution in [0.3, 0.4) is 0 Å². The van der Waals surface area contributed by atoms with Crippen molar-refractivity contribution in [3.05, 3.63) is 50.0 Å². The van der Waals surface area contributed by atoms with Crippen LogP contribution in [0.15, 0.2) is 28.8 Å². The van der Waals surface area contributed by atoms with Gasteiger partial charge in [-0.05, 0) is 19.4 Å². The van der Waals surface area contributed by atoms with Crippen LogP contribution in [-0.4, -0.2) is 22.7 Å². The van der Waals surface area contributed by atoms with E-state index in [2.05, 4.69) is 21.2 Å². The molecule has 1 aromatic rings. The fourth-order valence-corrected chi connectivity index (χ4v) is 1.91. The maximum absolute atomic E-state index is 11.0. The largest absolute Gasteiger partial charge is 0.465 e. The normalized spacial score (nSPS) is 10.6. The van der Waals surface area contributed by atoms with Crippen LogP contribution in [0, 0.1) is 17.0 Å². The minimum absolute atomic E-state index is 0.0882. The van der Waals surface area contributed by atoms with Gasteiger partial charge in [0, 0.05) is 22.1 Å². The third kappa shape index (κ3) is 4.36. The average molecular weight is 329 g/mol. The number of carbonyl (C=O) groups is 1. The first-order valence-corrected chi connectivity index (χ1v) is 6.27. The molecule has 1 aromatic carbocycles. The smallest absolute Gasteiger partial charge is 0.404 e. The number of nitrogens with zero attached hydrogens (tertiary/aromatic N) is 1. The predicted molar refractivity (Wildman–Crippen MR) is 74.4 cm³/mol. The number of halogens is 1. The van der Waals surface area contributed by atoms with Gasteiger partial charge in [0.15, 0.2) is 0 Å². The van der Waals surface area contributed by atoms with E-state index in [1.54, 1.807) is 31.2 Å². The van der Waals surface area contributed by atoms with Crippen LogP contribution >= 0.6 is 15.9 Å². The molecule has 6 nitrogen and oxygen atoms in total. The number of amides is 1. The summed E-state index contributed by atoms with van der Waals surface area (Å²) in [6, 6.07) is 3.45. The van der Waals surface area contributed by atoms with Gasteiger partial charge in [0.25, 0.3) is 5.69 Å². The van der Waals surface area contributed by atoms with Gasteiger partial charge >= 0.3 is 6.09 Å². The standard InChI is InChI=1S/C12H13BrN2O4/c1-8-10(13)6-5-9(11(8)15(18)19)4-2-3-7-14-12(16)17/h2-3,5-6,14H,4,7H2,1H3,(H,16,17)/b3-2+. The predicted octanol–water partition coefficient (Wildman–Crippen LogP) is 3.03. The first-order valence-electron chi connectivity index (χ1n) is 5.47. The number of rotatable bonds is 5. The molecule has 0 aliphatic heterocycles. The number of nitro groups is 1. The Kier molecular flexibility index (Phi) is 5.50. The number of allylic oxidation sites excluding steroid dienone is 1. The Bertz CT molecular complexity index is 529. The van der Waals surface area contributed by atoms with Gasteiger partial charge in [-0.15, -0.1) is 0 Å². The molecule has 1 amide bonds. The molecule has 0 unspecified atom stereocenters. The summed E-state index contributed by atoms with van der Waals surface area (Å²) in [5.41, 5.74) is 1.27. The molecule has 0 radical (unpaired) electrons. The summed E-state index contributed by atoms with van der Waals surface area (Å²) in [6.45, 7) is 1.86. The van der Waals surface area contributed by atoms with Gasteiger partial charge in [-0.25, -0.2) is 4.79 Å². The van der Waals surface area contributed by atoms with Crippen LogP contribution in [0.1, 0.15) is 11.1 Å². The number of hydrogen-bond donors (Lipinski definition) is 2. The van der Waals surface area contributed by atoms with E-state index in [1.807, 2.05) is 0 Å². The molecule has 0 aliphatic carbocycles. The second-order valence-electron chi connectivity index (χ2n) is 3.80. The van der Waals surface area contributed by atoms with E-state index in [9.17, 15) is 14.9 Å². The molecule has 2 N–H and O–H groups in total. The maximum Gasteiger partial charge on any atom is 0.404 e. The van der Waals surface area contributed by atoms with Crippen molar-refractivity contribution in [3.8, 4) is 0 Å². The van der Waals surface area contributed by atoms with Crippen LogP contribution in [0.25, 0.3) is 0 Å². The van der Waals surface area contributed by atoms with E-state index in [4.69, 9.17) is 5.11 Å². The molecule has 0 aromatic heterocycles. The molecule has 1 rings (SSSR count). The quantitative estimate of drug-likeness (QED) is 0.493. The van der Waals surface area contributed by atoms with Gasteiger partial charge in [-0.3, -0.25) is 10.1 Å². The molecule has 0 atom stereocenters. The maximum atomic E-state index is 11.0. The molecule has 7 heteroatoms. The van der Waals surface area contributed by atoms with Gasteiger partial charge < -0.3 is 10.4 Å². The Morgan fingerprint density at radius 3 is 2.79 bits per heavy atom. The Hall–Kier alpha value is -1.89. The topological polar surface area (TPSA) is 92.5 Å². The molecular formula is C12H13BrN2O4. The fourth-order valence-electron chi connectivity index (χ4n) is 1.59. The van der Waals surface area contributed by atoms with Crippen molar-refractivity contribution in [1.29, 1.82) is 0 Å². The first-order chi connectivity index (χ1) is 8.93. The second kappa shape index (κ2) is 6.89. The summed E-state index contributed by atoms with van der Waals surface area (Å²) in [6.07, 6.45) is 2.60. The number of hydrogen-bond acceptors (Lipinski definition) is 3. The van der Waals surface area contributed by atoms with Gasteiger partial charge in [-0.1, -0.05) is 34.1 Å². The molecule has 0 spiro atoms. The molecule has 19 heavy (non-hydrogen) atoms. The summed E-state index contributed by atoms with van der Waals surface area (Å²) < 4.78 is 0.694. The summed E-state index contributed by atoms with van der Waals surface area (Å²) >= 11 is 3.26. The van der Waals surface area contributed by atoms with E-state index < -0.39 is 11.0 Å². The summed E-state index contributed by atoms with van der Waals surface area (Å²) in [7, 11) is 0. The van der Waals surface area contributed by atoms with E-state index in [1.165, 1.54) is 0 Å². The molecule has 0 aliphatic rings. The number of carboxylic acid groups (broad SMARTS) is 1. The van der Waals surface area contributed by atoms with Crippen LogP contribution < -0.4 is 5.32 Å². The van der Waals surface area contributed by atoms with Crippen molar-refractivity contribution < 1.29 is 14.8 Å². The van der Waals surface area contributed by atoms with Crippen molar-refractivity contribution in [2.75, 3.05) is 6.54 Å². The van der Waals surface area contributed by atoms with Crippen molar-refractivity contribution in [1.82, 2.24) is 5.32 Å². The molecular weight excluding hydrogens is 316 g/mol. The lowest BCUT2D eigenvalue weighted by molar-refractivity contribution is -0.386. The molecule has 0 bridgehead atoms. The van der Waals surface area contributed by atoms with Crippen molar-refractivity contribution >= 4 is 27.7 Å². The fraction of sp³-hybridized carbons (Fsp3) is 0.250. The van der Waals surface area contributed by atoms with Crippen molar-refractivity contribution in [2.45, 2.75) is 13.3 Å². The number of nitrogens with one attached hydrogen (secondary N) is 1. The molecule has 0 saturated heterocycles. The average Bonchev–Trinajstić information content (AvgIpc) is 2.32. The SMILES string of the molecule is Cc1c(Br)ccc(C/C=C/CNC(=O)O)c1[N+](=O)[O-].